The summed E-state index contributed by atoms with van der Waals surface area (Å²) in [5, 5.41) is 3.66. The van der Waals surface area contributed by atoms with Gasteiger partial charge in [-0.25, -0.2) is 4.79 Å². The van der Waals surface area contributed by atoms with Gasteiger partial charge >= 0.3 is 6.03 Å². The molecule has 1 atom stereocenters. The minimum Gasteiger partial charge on any atom is -0.490 e. The van der Waals surface area contributed by atoms with Crippen LogP contribution in [0.4, 0.5) is 4.79 Å². The zero-order valence-electron chi connectivity index (χ0n) is 17.0. The van der Waals surface area contributed by atoms with E-state index in [9.17, 15) is 4.79 Å². The van der Waals surface area contributed by atoms with Crippen LogP contribution in [0, 0.1) is 5.92 Å². The van der Waals surface area contributed by atoms with Crippen molar-refractivity contribution in [2.45, 2.75) is 19.9 Å². The van der Waals surface area contributed by atoms with Crippen LogP contribution in [0.1, 0.15) is 25.5 Å². The van der Waals surface area contributed by atoms with E-state index in [1.54, 1.807) is 24.1 Å². The molecule has 2 aromatic rings. The normalized spacial score (nSPS) is 13.7. The summed E-state index contributed by atoms with van der Waals surface area (Å²) in [7, 11) is 1.74. The Kier molecular flexibility index (Phi) is 7.09. The van der Waals surface area contributed by atoms with E-state index >= 15 is 0 Å². The Bertz CT molecular complexity index is 843. The number of fused-ring (bicyclic) bond motifs is 1. The lowest BCUT2D eigenvalue weighted by atomic mass is 9.95. The van der Waals surface area contributed by atoms with Crippen molar-refractivity contribution in [3.63, 3.8) is 0 Å². The number of carbonyl (C=O) groups is 1. The van der Waals surface area contributed by atoms with E-state index in [1.807, 2.05) is 30.3 Å². The van der Waals surface area contributed by atoms with Crippen LogP contribution in [0.15, 0.2) is 42.5 Å². The highest BCUT2D eigenvalue weighted by Gasteiger charge is 2.22. The molecule has 6 nitrogen and oxygen atoms in total. The molecular weight excluding hydrogens is 392 g/mol. The average molecular weight is 419 g/mol. The first-order chi connectivity index (χ1) is 14.0. The Labute approximate surface area is 176 Å². The molecule has 0 aromatic heterocycles. The monoisotopic (exact) mass is 418 g/mol. The molecule has 0 bridgehead atoms. The van der Waals surface area contributed by atoms with Crippen molar-refractivity contribution < 1.29 is 19.0 Å². The summed E-state index contributed by atoms with van der Waals surface area (Å²) >= 11 is 6.09. The molecule has 2 aromatic carbocycles. The first-order valence-corrected chi connectivity index (χ1v) is 10.1. The van der Waals surface area contributed by atoms with Crippen molar-refractivity contribution in [2.75, 3.05) is 33.4 Å². The Morgan fingerprint density at radius 1 is 1.17 bits per heavy atom. The molecule has 1 unspecified atom stereocenters. The average Bonchev–Trinajstić information content (AvgIpc) is 2.72. The Morgan fingerprint density at radius 3 is 2.62 bits per heavy atom. The fourth-order valence-corrected chi connectivity index (χ4v) is 3.28. The van der Waals surface area contributed by atoms with Gasteiger partial charge in [0.25, 0.3) is 0 Å². The van der Waals surface area contributed by atoms with Gasteiger partial charge in [0.2, 0.25) is 0 Å². The van der Waals surface area contributed by atoms with Gasteiger partial charge in [-0.15, -0.1) is 0 Å². The maximum absolute atomic E-state index is 12.7. The van der Waals surface area contributed by atoms with Gasteiger partial charge in [0.15, 0.2) is 11.5 Å². The second-order valence-electron chi connectivity index (χ2n) is 7.27. The van der Waals surface area contributed by atoms with E-state index in [0.717, 1.165) is 17.1 Å². The second-order valence-corrected chi connectivity index (χ2v) is 7.68. The summed E-state index contributed by atoms with van der Waals surface area (Å²) < 4.78 is 16.9. The van der Waals surface area contributed by atoms with E-state index < -0.39 is 0 Å². The highest BCUT2D eigenvalue weighted by atomic mass is 35.5. The molecule has 1 N–H and O–H groups in total. The molecule has 2 amide bonds. The molecular formula is C22H27ClN2O4. The van der Waals surface area contributed by atoms with Gasteiger partial charge in [0, 0.05) is 7.05 Å². The predicted octanol–water partition coefficient (Wildman–Crippen LogP) is 4.53. The lowest BCUT2D eigenvalue weighted by molar-refractivity contribution is 0.171. The lowest BCUT2D eigenvalue weighted by Crippen LogP contribution is -2.42. The summed E-state index contributed by atoms with van der Waals surface area (Å²) in [5.74, 6) is 2.27. The molecule has 3 rings (SSSR count). The fraction of sp³-hybridized carbons (Fsp3) is 0.409. The Hall–Kier alpha value is -2.60. The van der Waals surface area contributed by atoms with E-state index in [2.05, 4.69) is 19.2 Å². The third-order valence-corrected chi connectivity index (χ3v) is 5.05. The summed E-state index contributed by atoms with van der Waals surface area (Å²) in [5.41, 5.74) is 0.985. The molecule has 0 aliphatic carbocycles. The number of nitrogens with one attached hydrogen (secondary N) is 1. The third-order valence-electron chi connectivity index (χ3n) is 4.74. The van der Waals surface area contributed by atoms with Crippen LogP contribution in [-0.2, 0) is 0 Å². The van der Waals surface area contributed by atoms with Crippen LogP contribution in [0.2, 0.25) is 5.02 Å². The van der Waals surface area contributed by atoms with Crippen molar-refractivity contribution in [1.82, 2.24) is 10.2 Å². The first kappa shape index (κ1) is 21.1. The SMILES string of the molecule is CC(C)C(NC(=O)N(C)CCOc1ccccc1Cl)c1ccc2c(c1)OCCO2. The number of likely N-dealkylation sites (N-methyl/N-ethyl adjacent to an activating group) is 1. The molecule has 0 spiro atoms. The number of halogens is 1. The van der Waals surface area contributed by atoms with Gasteiger partial charge in [-0.3, -0.25) is 0 Å². The number of rotatable bonds is 7. The summed E-state index contributed by atoms with van der Waals surface area (Å²) in [4.78, 5) is 14.3. The van der Waals surface area contributed by atoms with Gasteiger partial charge in [-0.1, -0.05) is 43.6 Å². The summed E-state index contributed by atoms with van der Waals surface area (Å²) in [6, 6.07) is 12.8. The van der Waals surface area contributed by atoms with E-state index in [4.69, 9.17) is 25.8 Å². The molecule has 1 heterocycles. The molecule has 0 saturated heterocycles. The lowest BCUT2D eigenvalue weighted by Gasteiger charge is -2.28. The minimum atomic E-state index is -0.165. The van der Waals surface area contributed by atoms with Gasteiger partial charge < -0.3 is 24.4 Å². The highest BCUT2D eigenvalue weighted by Crippen LogP contribution is 2.34. The van der Waals surface area contributed by atoms with Crippen LogP contribution < -0.4 is 19.5 Å². The maximum Gasteiger partial charge on any atom is 0.317 e. The van der Waals surface area contributed by atoms with Gasteiger partial charge in [-0.2, -0.15) is 0 Å². The number of urea groups is 1. The third kappa shape index (κ3) is 5.48. The van der Waals surface area contributed by atoms with Crippen molar-refractivity contribution in [3.8, 4) is 17.2 Å². The van der Waals surface area contributed by atoms with Gasteiger partial charge in [0.1, 0.15) is 25.6 Å². The van der Waals surface area contributed by atoms with Gasteiger partial charge in [-0.05, 0) is 35.7 Å². The number of benzene rings is 2. The zero-order chi connectivity index (χ0) is 20.8. The van der Waals surface area contributed by atoms with Crippen LogP contribution in [0.3, 0.4) is 0 Å². The summed E-state index contributed by atoms with van der Waals surface area (Å²) in [6.07, 6.45) is 0. The van der Waals surface area contributed by atoms with Crippen LogP contribution in [0.25, 0.3) is 0 Å². The standard InChI is InChI=1S/C22H27ClN2O4/c1-15(2)21(16-8-9-19-20(14-16)29-13-12-28-19)24-22(26)25(3)10-11-27-18-7-5-4-6-17(18)23/h4-9,14-15,21H,10-13H2,1-3H3,(H,24,26). The Balaban J connectivity index is 1.58. The number of hydrogen-bond donors (Lipinski definition) is 1. The van der Waals surface area contributed by atoms with Crippen molar-refractivity contribution in [3.05, 3.63) is 53.1 Å². The van der Waals surface area contributed by atoms with E-state index in [-0.39, 0.29) is 18.0 Å². The van der Waals surface area contributed by atoms with Crippen LogP contribution in [0.5, 0.6) is 17.2 Å². The minimum absolute atomic E-state index is 0.148. The molecule has 1 aliphatic heterocycles. The first-order valence-electron chi connectivity index (χ1n) is 9.74. The maximum atomic E-state index is 12.7. The number of nitrogens with zero attached hydrogens (tertiary/aromatic N) is 1. The second kappa shape index (κ2) is 9.74. The molecule has 0 radical (unpaired) electrons. The molecule has 29 heavy (non-hydrogen) atoms. The van der Waals surface area contributed by atoms with Gasteiger partial charge in [0.05, 0.1) is 17.6 Å². The molecule has 156 valence electrons. The zero-order valence-corrected chi connectivity index (χ0v) is 17.7. The van der Waals surface area contributed by atoms with Crippen LogP contribution in [-0.4, -0.2) is 44.3 Å². The number of hydrogen-bond acceptors (Lipinski definition) is 4. The van der Waals surface area contributed by atoms with E-state index in [1.165, 1.54) is 0 Å². The van der Waals surface area contributed by atoms with Crippen molar-refractivity contribution in [1.29, 1.82) is 0 Å². The largest absolute Gasteiger partial charge is 0.490 e. The number of amides is 2. The topological polar surface area (TPSA) is 60.0 Å². The van der Waals surface area contributed by atoms with Crippen molar-refractivity contribution >= 4 is 17.6 Å². The number of ether oxygens (including phenoxy) is 3. The molecule has 1 aliphatic rings. The smallest absolute Gasteiger partial charge is 0.317 e. The quantitative estimate of drug-likeness (QED) is 0.717. The predicted molar refractivity (Wildman–Crippen MR) is 113 cm³/mol. The molecule has 7 heteroatoms. The fourth-order valence-electron chi connectivity index (χ4n) is 3.09. The highest BCUT2D eigenvalue weighted by molar-refractivity contribution is 6.32. The van der Waals surface area contributed by atoms with Crippen LogP contribution >= 0.6 is 11.6 Å². The summed E-state index contributed by atoms with van der Waals surface area (Å²) in [6.45, 7) is 6.01. The van der Waals surface area contributed by atoms with Crippen molar-refractivity contribution in [2.24, 2.45) is 5.92 Å². The number of carbonyl (C=O) groups excluding carboxylic acids is 1. The molecule has 0 fully saturated rings. The Morgan fingerprint density at radius 2 is 1.90 bits per heavy atom. The van der Waals surface area contributed by atoms with E-state index in [0.29, 0.717) is 37.1 Å². The number of para-hydroxylation sites is 1. The molecule has 0 saturated carbocycles.